The van der Waals surface area contributed by atoms with Crippen LogP contribution in [0.5, 0.6) is 0 Å². The number of carbonyl (C=O) groups excluding carboxylic acids is 1. The summed E-state index contributed by atoms with van der Waals surface area (Å²) in [7, 11) is 1.50. The number of carbonyl (C=O) groups is 1. The summed E-state index contributed by atoms with van der Waals surface area (Å²) >= 11 is 0. The fraction of sp³-hybridized carbons (Fsp3) is 0.533. The van der Waals surface area contributed by atoms with Gasteiger partial charge in [-0.1, -0.05) is 50.2 Å². The van der Waals surface area contributed by atoms with Crippen LogP contribution < -0.4 is 11.1 Å². The van der Waals surface area contributed by atoms with Crippen molar-refractivity contribution < 1.29 is 4.79 Å². The van der Waals surface area contributed by atoms with Crippen LogP contribution in [0.3, 0.4) is 0 Å². The minimum absolute atomic E-state index is 0.0529. The van der Waals surface area contributed by atoms with E-state index in [1.807, 2.05) is 36.4 Å². The molecule has 1 rings (SSSR count). The van der Waals surface area contributed by atoms with Crippen molar-refractivity contribution in [3.63, 3.8) is 0 Å². The predicted molar refractivity (Wildman–Crippen MR) is 83.0 cm³/mol. The fourth-order valence-electron chi connectivity index (χ4n) is 1.31. The zero-order valence-corrected chi connectivity index (χ0v) is 12.7. The largest absolute Gasteiger partial charge is 0.355 e. The van der Waals surface area contributed by atoms with Crippen LogP contribution in [0.25, 0.3) is 0 Å². The summed E-state index contributed by atoms with van der Waals surface area (Å²) in [5, 5.41) is 2.76. The first kappa shape index (κ1) is 19.9. The Morgan fingerprint density at radius 1 is 1.00 bits per heavy atom. The minimum Gasteiger partial charge on any atom is -0.355 e. The van der Waals surface area contributed by atoms with Gasteiger partial charge in [-0.3, -0.25) is 4.79 Å². The highest BCUT2D eigenvalue weighted by atomic mass is 16.1. The molecule has 0 aliphatic carbocycles. The Morgan fingerprint density at radius 2 is 1.37 bits per heavy atom. The summed E-state index contributed by atoms with van der Waals surface area (Å²) in [4.78, 5) is 12.7. The van der Waals surface area contributed by atoms with E-state index in [-0.39, 0.29) is 5.91 Å². The number of amides is 1. The topological polar surface area (TPSA) is 58.4 Å². The second kappa shape index (κ2) is 16.6. The lowest BCUT2D eigenvalue weighted by Gasteiger charge is -2.17. The Labute approximate surface area is 118 Å². The normalized spacial score (nSPS) is 8.74. The van der Waals surface area contributed by atoms with Crippen LogP contribution in [0.4, 0.5) is 0 Å². The molecule has 110 valence electrons. The molecule has 0 radical (unpaired) electrons. The van der Waals surface area contributed by atoms with Crippen molar-refractivity contribution in [2.45, 2.75) is 20.8 Å². The summed E-state index contributed by atoms with van der Waals surface area (Å²) in [6.07, 6.45) is 0. The first-order chi connectivity index (χ1) is 9.20. The van der Waals surface area contributed by atoms with Crippen molar-refractivity contribution in [3.8, 4) is 0 Å². The maximum absolute atomic E-state index is 10.5. The number of hydrogen-bond donors (Lipinski definition) is 2. The van der Waals surface area contributed by atoms with Gasteiger partial charge in [-0.05, 0) is 20.1 Å². The highest BCUT2D eigenvalue weighted by molar-refractivity contribution is 5.72. The molecular weight excluding hydrogens is 238 g/mol. The number of likely N-dealkylation sites (N-methyl/N-ethyl adjacent to an activating group) is 1. The van der Waals surface area contributed by atoms with Crippen molar-refractivity contribution in [1.29, 1.82) is 0 Å². The molecule has 0 heterocycles. The van der Waals surface area contributed by atoms with E-state index in [1.165, 1.54) is 7.05 Å². The third-order valence-electron chi connectivity index (χ3n) is 2.36. The molecule has 0 unspecified atom stereocenters. The van der Waals surface area contributed by atoms with Crippen LogP contribution in [0.1, 0.15) is 20.8 Å². The standard InChI is InChI=1S/C8H18N2O.C6H6.CH5N/c1-4-10(5-2)7-6-9-8(3)11;1-2-4-6-5-3-1;1-2/h4-7H2,1-3H3,(H,9,11);1-6H;2H2,1H3. The number of hydrogen-bond acceptors (Lipinski definition) is 3. The third-order valence-corrected chi connectivity index (χ3v) is 2.36. The number of nitrogens with zero attached hydrogens (tertiary/aromatic N) is 1. The van der Waals surface area contributed by atoms with Crippen molar-refractivity contribution in [2.75, 3.05) is 33.2 Å². The zero-order valence-electron chi connectivity index (χ0n) is 12.7. The molecule has 4 heteroatoms. The Morgan fingerprint density at radius 3 is 1.63 bits per heavy atom. The van der Waals surface area contributed by atoms with Crippen molar-refractivity contribution in [3.05, 3.63) is 36.4 Å². The first-order valence-electron chi connectivity index (χ1n) is 6.75. The quantitative estimate of drug-likeness (QED) is 0.854. The van der Waals surface area contributed by atoms with E-state index in [2.05, 4.69) is 29.8 Å². The molecule has 0 saturated heterocycles. The van der Waals surface area contributed by atoms with Gasteiger partial charge in [-0.15, -0.1) is 0 Å². The fourth-order valence-corrected chi connectivity index (χ4v) is 1.31. The van der Waals surface area contributed by atoms with Gasteiger partial charge in [0.25, 0.3) is 0 Å². The summed E-state index contributed by atoms with van der Waals surface area (Å²) in [5.74, 6) is 0.0529. The molecule has 0 aromatic heterocycles. The van der Waals surface area contributed by atoms with E-state index in [4.69, 9.17) is 0 Å². The van der Waals surface area contributed by atoms with E-state index in [9.17, 15) is 4.79 Å². The van der Waals surface area contributed by atoms with Gasteiger partial charge in [0.2, 0.25) is 5.91 Å². The van der Waals surface area contributed by atoms with Crippen molar-refractivity contribution >= 4 is 5.91 Å². The second-order valence-corrected chi connectivity index (χ2v) is 3.66. The van der Waals surface area contributed by atoms with E-state index in [0.717, 1.165) is 26.2 Å². The van der Waals surface area contributed by atoms with E-state index in [0.29, 0.717) is 0 Å². The molecule has 0 atom stereocenters. The lowest BCUT2D eigenvalue weighted by atomic mass is 10.4. The molecule has 1 aromatic carbocycles. The Bertz CT molecular complexity index is 247. The van der Waals surface area contributed by atoms with Crippen molar-refractivity contribution in [1.82, 2.24) is 10.2 Å². The summed E-state index contributed by atoms with van der Waals surface area (Å²) in [6, 6.07) is 12.0. The molecule has 3 N–H and O–H groups in total. The average Bonchev–Trinajstić information content (AvgIpc) is 2.48. The SMILES string of the molecule is CCN(CC)CCNC(C)=O.CN.c1ccccc1. The summed E-state index contributed by atoms with van der Waals surface area (Å²) < 4.78 is 0. The number of nitrogens with one attached hydrogen (secondary N) is 1. The van der Waals surface area contributed by atoms with Gasteiger partial charge in [0.05, 0.1) is 0 Å². The van der Waals surface area contributed by atoms with Crippen LogP contribution in [0, 0.1) is 0 Å². The zero-order chi connectivity index (χ0) is 14.9. The van der Waals surface area contributed by atoms with E-state index in [1.54, 1.807) is 6.92 Å². The predicted octanol–water partition coefficient (Wildman–Crippen LogP) is 1.73. The molecule has 0 aliphatic rings. The Hall–Kier alpha value is -1.39. The van der Waals surface area contributed by atoms with Gasteiger partial charge in [0, 0.05) is 20.0 Å². The summed E-state index contributed by atoms with van der Waals surface area (Å²) in [5.41, 5.74) is 4.50. The highest BCUT2D eigenvalue weighted by Crippen LogP contribution is 1.83. The van der Waals surface area contributed by atoms with E-state index >= 15 is 0 Å². The monoisotopic (exact) mass is 267 g/mol. The highest BCUT2D eigenvalue weighted by Gasteiger charge is 1.97. The number of nitrogens with two attached hydrogens (primary N) is 1. The molecule has 0 spiro atoms. The van der Waals surface area contributed by atoms with Crippen LogP contribution in [0.15, 0.2) is 36.4 Å². The Kier molecular flexibility index (Phi) is 17.4. The molecule has 0 aliphatic heterocycles. The van der Waals surface area contributed by atoms with Gasteiger partial charge in [-0.2, -0.15) is 0 Å². The lowest BCUT2D eigenvalue weighted by molar-refractivity contribution is -0.119. The molecular formula is C15H29N3O. The third kappa shape index (κ3) is 16.6. The van der Waals surface area contributed by atoms with Crippen LogP contribution in [0.2, 0.25) is 0 Å². The molecule has 19 heavy (non-hydrogen) atoms. The van der Waals surface area contributed by atoms with Crippen LogP contribution in [-0.2, 0) is 4.79 Å². The van der Waals surface area contributed by atoms with Gasteiger partial charge in [-0.25, -0.2) is 0 Å². The molecule has 4 nitrogen and oxygen atoms in total. The first-order valence-corrected chi connectivity index (χ1v) is 6.75. The Balaban J connectivity index is 0. The second-order valence-electron chi connectivity index (χ2n) is 3.66. The van der Waals surface area contributed by atoms with E-state index < -0.39 is 0 Å². The van der Waals surface area contributed by atoms with Crippen LogP contribution in [-0.4, -0.2) is 44.0 Å². The minimum atomic E-state index is 0.0529. The smallest absolute Gasteiger partial charge is 0.216 e. The van der Waals surface area contributed by atoms with Gasteiger partial charge >= 0.3 is 0 Å². The molecule has 0 bridgehead atoms. The molecule has 1 aromatic rings. The van der Waals surface area contributed by atoms with Gasteiger partial charge < -0.3 is 16.0 Å². The molecule has 1 amide bonds. The average molecular weight is 267 g/mol. The molecule has 0 fully saturated rings. The maximum Gasteiger partial charge on any atom is 0.216 e. The van der Waals surface area contributed by atoms with Gasteiger partial charge in [0.1, 0.15) is 0 Å². The number of benzene rings is 1. The number of rotatable bonds is 5. The summed E-state index contributed by atoms with van der Waals surface area (Å²) in [6.45, 7) is 9.60. The lowest BCUT2D eigenvalue weighted by Crippen LogP contribution is -2.33. The maximum atomic E-state index is 10.5. The molecule has 0 saturated carbocycles. The van der Waals surface area contributed by atoms with Crippen LogP contribution >= 0.6 is 0 Å². The van der Waals surface area contributed by atoms with Gasteiger partial charge in [0.15, 0.2) is 0 Å². The van der Waals surface area contributed by atoms with Crippen molar-refractivity contribution in [2.24, 2.45) is 5.73 Å².